The third-order valence-electron chi connectivity index (χ3n) is 0.707. The molecule has 2 rings (SSSR count). The normalized spacial score (nSPS) is 20.6. The maximum absolute atomic E-state index is 1.50. The Kier molecular flexibility index (Phi) is 4.10. The molecule has 0 aromatic rings. The van der Waals surface area contributed by atoms with Crippen LogP contribution >= 0.6 is 0 Å². The molecule has 0 bridgehead atoms. The van der Waals surface area contributed by atoms with Crippen molar-refractivity contribution in [2.75, 3.05) is 0 Å². The van der Waals surface area contributed by atoms with Crippen LogP contribution in [-0.4, -0.2) is 5.48 Å². The summed E-state index contributed by atoms with van der Waals surface area (Å²) in [6.45, 7) is 0. The first kappa shape index (κ1) is 6.96. The lowest BCUT2D eigenvalue weighted by Gasteiger charge is -1.05. The van der Waals surface area contributed by atoms with Crippen molar-refractivity contribution >= 4 is 0 Å². The van der Waals surface area contributed by atoms with Crippen LogP contribution in [0.4, 0.5) is 0 Å². The Morgan fingerprint density at radius 1 is 0.429 bits per heavy atom. The van der Waals surface area contributed by atoms with Gasteiger partial charge in [-0.25, -0.2) is 0 Å². The van der Waals surface area contributed by atoms with E-state index in [-0.39, 0.29) is 5.48 Å². The lowest BCUT2D eigenvalue weighted by atomic mass is 11.0. The summed E-state index contributed by atoms with van der Waals surface area (Å²) in [6, 6.07) is 0. The van der Waals surface area contributed by atoms with Crippen LogP contribution < -0.4 is 0 Å². The molecular formula is C6H14O. The first-order valence-corrected chi connectivity index (χ1v) is 3.00. The van der Waals surface area contributed by atoms with Crippen LogP contribution in [0.3, 0.4) is 0 Å². The lowest BCUT2D eigenvalue weighted by molar-refractivity contribution is 0.824. The number of hydrogen-bond acceptors (Lipinski definition) is 0. The van der Waals surface area contributed by atoms with Crippen molar-refractivity contribution in [2.24, 2.45) is 0 Å². The topological polar surface area (TPSA) is 31.5 Å². The molecule has 0 aromatic carbocycles. The van der Waals surface area contributed by atoms with Gasteiger partial charge in [-0.3, -0.25) is 0 Å². The van der Waals surface area contributed by atoms with Gasteiger partial charge in [-0.15, -0.1) is 0 Å². The second kappa shape index (κ2) is 4.13. The Morgan fingerprint density at radius 3 is 0.571 bits per heavy atom. The van der Waals surface area contributed by atoms with Gasteiger partial charge < -0.3 is 5.48 Å². The van der Waals surface area contributed by atoms with E-state index in [9.17, 15) is 0 Å². The maximum Gasteiger partial charge on any atom is -0.0533 e. The summed E-state index contributed by atoms with van der Waals surface area (Å²) in [7, 11) is 0. The van der Waals surface area contributed by atoms with E-state index in [0.29, 0.717) is 0 Å². The van der Waals surface area contributed by atoms with E-state index in [2.05, 4.69) is 0 Å². The fourth-order valence-electron chi connectivity index (χ4n) is 0. The van der Waals surface area contributed by atoms with Crippen LogP contribution in [0.2, 0.25) is 0 Å². The summed E-state index contributed by atoms with van der Waals surface area (Å²) in [5.74, 6) is 0. The lowest BCUT2D eigenvalue weighted by Crippen LogP contribution is -0.856. The van der Waals surface area contributed by atoms with Crippen LogP contribution in [0.25, 0.3) is 0 Å². The van der Waals surface area contributed by atoms with Gasteiger partial charge in [0.2, 0.25) is 0 Å². The van der Waals surface area contributed by atoms with Crippen LogP contribution in [-0.2, 0) is 0 Å². The van der Waals surface area contributed by atoms with E-state index in [1.807, 2.05) is 0 Å². The van der Waals surface area contributed by atoms with Crippen molar-refractivity contribution in [1.29, 1.82) is 0 Å². The van der Waals surface area contributed by atoms with Gasteiger partial charge in [0.1, 0.15) is 0 Å². The Morgan fingerprint density at radius 2 is 0.571 bits per heavy atom. The number of rotatable bonds is 0. The van der Waals surface area contributed by atoms with Gasteiger partial charge in [0.25, 0.3) is 0 Å². The first-order valence-electron chi connectivity index (χ1n) is 3.00. The summed E-state index contributed by atoms with van der Waals surface area (Å²) in [4.78, 5) is 0. The molecular weight excluding hydrogens is 88.1 g/mol. The molecule has 0 spiro atoms. The molecule has 0 radical (unpaired) electrons. The minimum Gasteiger partial charge on any atom is -0.412 e. The van der Waals surface area contributed by atoms with Crippen LogP contribution in [0.5, 0.6) is 0 Å². The van der Waals surface area contributed by atoms with Gasteiger partial charge in [0.15, 0.2) is 0 Å². The van der Waals surface area contributed by atoms with Crippen molar-refractivity contribution in [3.05, 3.63) is 0 Å². The van der Waals surface area contributed by atoms with E-state index in [0.717, 1.165) is 0 Å². The van der Waals surface area contributed by atoms with E-state index < -0.39 is 0 Å². The highest BCUT2D eigenvalue weighted by atomic mass is 16.0. The Bertz CT molecular complexity index is 19.7. The molecule has 0 heterocycles. The molecule has 2 fully saturated rings. The summed E-state index contributed by atoms with van der Waals surface area (Å²) < 4.78 is 0. The monoisotopic (exact) mass is 102 g/mol. The Balaban J connectivity index is 0.0000000900. The highest BCUT2D eigenvalue weighted by molar-refractivity contribution is 4.51. The molecule has 0 amide bonds. The quantitative estimate of drug-likeness (QED) is 0.444. The second-order valence-corrected chi connectivity index (χ2v) is 2.12. The molecule has 0 saturated heterocycles. The average Bonchev–Trinajstić information content (AvgIpc) is 2.31. The minimum absolute atomic E-state index is 0. The molecule has 1 heteroatoms. The van der Waals surface area contributed by atoms with Crippen LogP contribution in [0, 0.1) is 0 Å². The summed E-state index contributed by atoms with van der Waals surface area (Å²) in [6.07, 6.45) is 9.00. The predicted octanol–water partition coefficient (Wildman–Crippen LogP) is 1.52. The third-order valence-corrected chi connectivity index (χ3v) is 0.707. The predicted molar refractivity (Wildman–Crippen MR) is 31.3 cm³/mol. The fraction of sp³-hybridized carbons (Fsp3) is 1.00. The molecule has 2 aliphatic rings. The maximum atomic E-state index is 1.50. The zero-order chi connectivity index (χ0) is 4.24. The summed E-state index contributed by atoms with van der Waals surface area (Å²) in [5, 5.41) is 0. The van der Waals surface area contributed by atoms with Gasteiger partial charge >= 0.3 is 0 Å². The van der Waals surface area contributed by atoms with Gasteiger partial charge in [-0.2, -0.15) is 0 Å². The van der Waals surface area contributed by atoms with Crippen molar-refractivity contribution < 1.29 is 5.48 Å². The van der Waals surface area contributed by atoms with Gasteiger partial charge in [-0.05, 0) is 0 Å². The molecule has 2 aliphatic carbocycles. The van der Waals surface area contributed by atoms with E-state index in [4.69, 9.17) is 0 Å². The molecule has 7 heavy (non-hydrogen) atoms. The van der Waals surface area contributed by atoms with E-state index in [1.165, 1.54) is 38.5 Å². The van der Waals surface area contributed by atoms with Crippen molar-refractivity contribution in [3.63, 3.8) is 0 Å². The van der Waals surface area contributed by atoms with E-state index >= 15 is 0 Å². The molecule has 2 N–H and O–H groups in total. The molecule has 0 aromatic heterocycles. The molecule has 0 aliphatic heterocycles. The first-order chi connectivity index (χ1) is 3.00. The highest BCUT2D eigenvalue weighted by Crippen LogP contribution is 2.15. The van der Waals surface area contributed by atoms with Gasteiger partial charge in [0.05, 0.1) is 0 Å². The largest absolute Gasteiger partial charge is 0.412 e. The zero-order valence-corrected chi connectivity index (χ0v) is 4.74. The SMILES string of the molecule is C1CC1.C1CC1.O. The molecule has 0 atom stereocenters. The highest BCUT2D eigenvalue weighted by Gasteiger charge is 1.95. The number of hydrogen-bond donors (Lipinski definition) is 0. The summed E-state index contributed by atoms with van der Waals surface area (Å²) in [5.41, 5.74) is 0. The summed E-state index contributed by atoms with van der Waals surface area (Å²) >= 11 is 0. The Labute approximate surface area is 45.0 Å². The van der Waals surface area contributed by atoms with Crippen molar-refractivity contribution in [3.8, 4) is 0 Å². The minimum atomic E-state index is 0. The third kappa shape index (κ3) is 24.3. The standard InChI is InChI=1S/2C3H6.H2O/c2*1-2-3-1;/h2*1-3H2;1H2. The van der Waals surface area contributed by atoms with Gasteiger partial charge in [-0.1, -0.05) is 38.5 Å². The zero-order valence-electron chi connectivity index (χ0n) is 4.74. The second-order valence-electron chi connectivity index (χ2n) is 2.12. The van der Waals surface area contributed by atoms with Crippen LogP contribution in [0.15, 0.2) is 0 Å². The van der Waals surface area contributed by atoms with E-state index in [1.54, 1.807) is 0 Å². The fourth-order valence-corrected chi connectivity index (χ4v) is 0. The Hall–Kier alpha value is -0.0400. The van der Waals surface area contributed by atoms with Crippen molar-refractivity contribution in [2.45, 2.75) is 38.5 Å². The molecule has 0 unspecified atom stereocenters. The van der Waals surface area contributed by atoms with Crippen LogP contribution in [0.1, 0.15) is 38.5 Å². The van der Waals surface area contributed by atoms with Gasteiger partial charge in [0, 0.05) is 0 Å². The molecule has 1 nitrogen and oxygen atoms in total. The molecule has 2 saturated carbocycles. The smallest absolute Gasteiger partial charge is 0.0533 e. The van der Waals surface area contributed by atoms with Crippen molar-refractivity contribution in [1.82, 2.24) is 0 Å². The average molecular weight is 102 g/mol. The molecule has 44 valence electrons.